The second kappa shape index (κ2) is 5.09. The van der Waals surface area contributed by atoms with Crippen molar-refractivity contribution in [3.05, 3.63) is 71.5 Å². The normalized spacial score (nSPS) is 21.4. The third-order valence-corrected chi connectivity index (χ3v) is 4.15. The van der Waals surface area contributed by atoms with Crippen molar-refractivity contribution in [3.63, 3.8) is 0 Å². The Balaban J connectivity index is 1.99. The molecule has 0 unspecified atom stereocenters. The van der Waals surface area contributed by atoms with Gasteiger partial charge in [-0.3, -0.25) is 4.79 Å². The summed E-state index contributed by atoms with van der Waals surface area (Å²) in [6.45, 7) is 0. The van der Waals surface area contributed by atoms with Gasteiger partial charge in [-0.15, -0.1) is 0 Å². The largest absolute Gasteiger partial charge is 0.294 e. The van der Waals surface area contributed by atoms with Gasteiger partial charge in [0.2, 0.25) is 0 Å². The number of carbonyl (C=O) groups is 1. The Bertz CT molecular complexity index is 786. The van der Waals surface area contributed by atoms with Gasteiger partial charge >= 0.3 is 0 Å². The first-order chi connectivity index (χ1) is 10.6. The van der Waals surface area contributed by atoms with Crippen molar-refractivity contribution >= 4 is 5.78 Å². The molecular weight excluding hydrogens is 279 g/mol. The molecule has 3 nitrogen and oxygen atoms in total. The highest BCUT2D eigenvalue weighted by atomic mass is 19.1. The maximum Gasteiger partial charge on any atom is 0.169 e. The molecule has 2 aromatic carbocycles. The Morgan fingerprint density at radius 2 is 1.59 bits per heavy atom. The minimum absolute atomic E-state index is 0.294. The third kappa shape index (κ3) is 1.98. The van der Waals surface area contributed by atoms with Crippen LogP contribution in [0.2, 0.25) is 0 Å². The average molecular weight is 290 g/mol. The van der Waals surface area contributed by atoms with Gasteiger partial charge < -0.3 is 0 Å². The summed E-state index contributed by atoms with van der Waals surface area (Å²) in [6, 6.07) is 18.3. The third-order valence-electron chi connectivity index (χ3n) is 4.15. The predicted octanol–water partition coefficient (Wildman–Crippen LogP) is 3.46. The summed E-state index contributed by atoms with van der Waals surface area (Å²) in [7, 11) is 0. The number of hydrogen-bond acceptors (Lipinski definition) is 3. The summed E-state index contributed by atoms with van der Waals surface area (Å²) in [6.07, 6.45) is 0. The molecule has 0 heterocycles. The molecule has 1 aliphatic rings. The number of benzene rings is 2. The fraction of sp³-hybridized carbons (Fsp3) is 0.167. The molecule has 0 saturated heterocycles. The van der Waals surface area contributed by atoms with E-state index in [9.17, 15) is 19.7 Å². The Morgan fingerprint density at radius 3 is 2.14 bits per heavy atom. The molecular formula is C18H11FN2O. The van der Waals surface area contributed by atoms with Gasteiger partial charge in [-0.05, 0) is 29.8 Å². The lowest BCUT2D eigenvalue weighted by Crippen LogP contribution is -2.08. The Hall–Kier alpha value is -2.98. The zero-order valence-electron chi connectivity index (χ0n) is 11.5. The molecule has 106 valence electrons. The first kappa shape index (κ1) is 14.0. The molecule has 0 amide bonds. The fourth-order valence-electron chi connectivity index (χ4n) is 2.96. The molecule has 0 radical (unpaired) electrons. The molecule has 0 aromatic heterocycles. The molecule has 2 aromatic rings. The van der Waals surface area contributed by atoms with Crippen molar-refractivity contribution < 1.29 is 9.18 Å². The minimum Gasteiger partial charge on any atom is -0.294 e. The molecule has 22 heavy (non-hydrogen) atoms. The van der Waals surface area contributed by atoms with E-state index in [1.165, 1.54) is 24.3 Å². The lowest BCUT2D eigenvalue weighted by atomic mass is 10.0. The Kier molecular flexibility index (Phi) is 3.23. The topological polar surface area (TPSA) is 64.7 Å². The fourth-order valence-corrected chi connectivity index (χ4v) is 2.96. The summed E-state index contributed by atoms with van der Waals surface area (Å²) >= 11 is 0. The minimum atomic E-state index is -1.34. The molecule has 0 spiro atoms. The number of hydrogen-bond donors (Lipinski definition) is 0. The summed E-state index contributed by atoms with van der Waals surface area (Å²) in [5.41, 5.74) is -0.224. The smallest absolute Gasteiger partial charge is 0.169 e. The van der Waals surface area contributed by atoms with Gasteiger partial charge in [0.25, 0.3) is 0 Å². The van der Waals surface area contributed by atoms with Crippen LogP contribution >= 0.6 is 0 Å². The lowest BCUT2D eigenvalue weighted by molar-refractivity contribution is 0.0958. The number of ketones is 1. The quantitative estimate of drug-likeness (QED) is 0.813. The van der Waals surface area contributed by atoms with E-state index < -0.39 is 23.1 Å². The summed E-state index contributed by atoms with van der Waals surface area (Å²) in [5, 5.41) is 18.8. The molecule has 2 atom stereocenters. The van der Waals surface area contributed by atoms with Gasteiger partial charge in [-0.25, -0.2) is 4.39 Å². The van der Waals surface area contributed by atoms with Gasteiger partial charge in [0.05, 0.1) is 18.1 Å². The van der Waals surface area contributed by atoms with Crippen molar-refractivity contribution in [2.75, 3.05) is 0 Å². The van der Waals surface area contributed by atoms with Crippen molar-refractivity contribution in [2.45, 2.75) is 5.92 Å². The van der Waals surface area contributed by atoms with Crippen LogP contribution in [0.3, 0.4) is 0 Å². The second-order valence-corrected chi connectivity index (χ2v) is 5.33. The predicted molar refractivity (Wildman–Crippen MR) is 77.1 cm³/mol. The van der Waals surface area contributed by atoms with Crippen molar-refractivity contribution in [1.82, 2.24) is 0 Å². The van der Waals surface area contributed by atoms with E-state index in [1.54, 1.807) is 0 Å². The highest BCUT2D eigenvalue weighted by Gasteiger charge is 2.70. The van der Waals surface area contributed by atoms with Crippen molar-refractivity contribution in [2.24, 2.45) is 11.3 Å². The lowest BCUT2D eigenvalue weighted by Gasteiger charge is -2.00. The highest BCUT2D eigenvalue weighted by molar-refractivity contribution is 6.02. The zero-order valence-corrected chi connectivity index (χ0v) is 11.5. The number of halogens is 1. The van der Waals surface area contributed by atoms with Crippen LogP contribution in [0.15, 0.2) is 54.6 Å². The molecule has 4 heteroatoms. The van der Waals surface area contributed by atoms with Crippen LogP contribution in [0, 0.1) is 39.8 Å². The van der Waals surface area contributed by atoms with Gasteiger partial charge in [0, 0.05) is 11.5 Å². The van der Waals surface area contributed by atoms with Gasteiger partial charge in [0.15, 0.2) is 11.2 Å². The van der Waals surface area contributed by atoms with Crippen LogP contribution in [0.1, 0.15) is 21.8 Å². The Morgan fingerprint density at radius 1 is 1.00 bits per heavy atom. The highest BCUT2D eigenvalue weighted by Crippen LogP contribution is 2.65. The van der Waals surface area contributed by atoms with Crippen molar-refractivity contribution in [1.29, 1.82) is 10.5 Å². The maximum atomic E-state index is 13.0. The monoisotopic (exact) mass is 290 g/mol. The number of nitriles is 2. The van der Waals surface area contributed by atoms with Crippen LogP contribution in [-0.4, -0.2) is 5.78 Å². The van der Waals surface area contributed by atoms with Gasteiger partial charge in [0.1, 0.15) is 5.82 Å². The average Bonchev–Trinajstić information content (AvgIpc) is 3.25. The Labute approximate surface area is 127 Å². The van der Waals surface area contributed by atoms with Crippen LogP contribution in [0.4, 0.5) is 4.39 Å². The molecule has 0 N–H and O–H groups in total. The van der Waals surface area contributed by atoms with E-state index in [0.29, 0.717) is 5.56 Å². The van der Waals surface area contributed by atoms with Crippen LogP contribution in [0.5, 0.6) is 0 Å². The van der Waals surface area contributed by atoms with E-state index in [0.717, 1.165) is 5.56 Å². The number of nitrogens with zero attached hydrogens (tertiary/aromatic N) is 2. The number of rotatable bonds is 3. The number of Topliss-reactive ketones (excluding diaryl/α,β-unsaturated/α-hetero) is 1. The second-order valence-electron chi connectivity index (χ2n) is 5.33. The summed E-state index contributed by atoms with van der Waals surface area (Å²) in [4.78, 5) is 12.6. The van der Waals surface area contributed by atoms with Crippen LogP contribution in [0.25, 0.3) is 0 Å². The molecule has 1 aliphatic carbocycles. The molecule has 1 fully saturated rings. The van der Waals surface area contributed by atoms with E-state index in [4.69, 9.17) is 0 Å². The summed E-state index contributed by atoms with van der Waals surface area (Å²) in [5.74, 6) is -1.88. The SMILES string of the molecule is N#CC1(C#N)[C@H](C(=O)c2ccc(F)cc2)[C@@H]1c1ccccc1. The van der Waals surface area contributed by atoms with E-state index in [-0.39, 0.29) is 5.78 Å². The van der Waals surface area contributed by atoms with E-state index >= 15 is 0 Å². The van der Waals surface area contributed by atoms with Crippen molar-refractivity contribution in [3.8, 4) is 12.1 Å². The van der Waals surface area contributed by atoms with Crippen LogP contribution < -0.4 is 0 Å². The number of carbonyl (C=O) groups excluding carboxylic acids is 1. The summed E-state index contributed by atoms with van der Waals surface area (Å²) < 4.78 is 13.0. The maximum absolute atomic E-state index is 13.0. The molecule has 0 bridgehead atoms. The molecule has 1 saturated carbocycles. The van der Waals surface area contributed by atoms with E-state index in [2.05, 4.69) is 0 Å². The van der Waals surface area contributed by atoms with Gasteiger partial charge in [-0.1, -0.05) is 30.3 Å². The molecule has 0 aliphatic heterocycles. The first-order valence-electron chi connectivity index (χ1n) is 6.81. The standard InChI is InChI=1S/C18H11FN2O/c19-14-8-6-13(7-9-14)17(22)16-15(18(16,10-20)11-21)12-4-2-1-3-5-12/h1-9,15-16H/t15-,16-/m0/s1. The van der Waals surface area contributed by atoms with E-state index in [1.807, 2.05) is 42.5 Å². The van der Waals surface area contributed by atoms with Gasteiger partial charge in [-0.2, -0.15) is 10.5 Å². The van der Waals surface area contributed by atoms with Crippen LogP contribution in [-0.2, 0) is 0 Å². The zero-order chi connectivity index (χ0) is 15.7. The molecule has 3 rings (SSSR count). The first-order valence-corrected chi connectivity index (χ1v) is 6.81.